The number of nitrogens with one attached hydrogen (secondary N) is 1. The van der Waals surface area contributed by atoms with Gasteiger partial charge in [-0.25, -0.2) is 0 Å². The van der Waals surface area contributed by atoms with Crippen molar-refractivity contribution in [2.75, 3.05) is 53.2 Å². The first-order valence-electron chi connectivity index (χ1n) is 5.84. The summed E-state index contributed by atoms with van der Waals surface area (Å²) in [4.78, 5) is 0. The third-order valence-corrected chi connectivity index (χ3v) is 1.90. The van der Waals surface area contributed by atoms with Crippen molar-refractivity contribution in [2.45, 2.75) is 19.4 Å². The number of rotatable bonds is 12. The van der Waals surface area contributed by atoms with Gasteiger partial charge in [-0.1, -0.05) is 6.92 Å². The number of aliphatic hydroxyl groups is 1. The van der Waals surface area contributed by atoms with Gasteiger partial charge in [-0.15, -0.1) is 0 Å². The Morgan fingerprint density at radius 2 is 1.75 bits per heavy atom. The SMILES string of the molecule is CCCNCCOCC(O)COCCOC. The van der Waals surface area contributed by atoms with Crippen LogP contribution in [-0.4, -0.2) is 64.4 Å². The van der Waals surface area contributed by atoms with Crippen LogP contribution in [0.1, 0.15) is 13.3 Å². The van der Waals surface area contributed by atoms with Crippen LogP contribution in [0.3, 0.4) is 0 Å². The fourth-order valence-electron chi connectivity index (χ4n) is 1.08. The highest BCUT2D eigenvalue weighted by atomic mass is 16.5. The average molecular weight is 235 g/mol. The molecule has 5 heteroatoms. The molecule has 0 bridgehead atoms. The quantitative estimate of drug-likeness (QED) is 0.467. The van der Waals surface area contributed by atoms with Crippen molar-refractivity contribution in [2.24, 2.45) is 0 Å². The first kappa shape index (κ1) is 15.8. The monoisotopic (exact) mass is 235 g/mol. The predicted molar refractivity (Wildman–Crippen MR) is 62.7 cm³/mol. The van der Waals surface area contributed by atoms with Crippen LogP contribution in [-0.2, 0) is 14.2 Å². The van der Waals surface area contributed by atoms with Crippen molar-refractivity contribution in [1.82, 2.24) is 5.32 Å². The number of ether oxygens (including phenoxy) is 3. The first-order valence-corrected chi connectivity index (χ1v) is 5.84. The van der Waals surface area contributed by atoms with Gasteiger partial charge in [0.15, 0.2) is 0 Å². The minimum atomic E-state index is -0.553. The predicted octanol–water partition coefficient (Wildman–Crippen LogP) is 0.0265. The molecular weight excluding hydrogens is 210 g/mol. The molecule has 0 aliphatic heterocycles. The molecule has 0 heterocycles. The van der Waals surface area contributed by atoms with E-state index < -0.39 is 6.10 Å². The van der Waals surface area contributed by atoms with Gasteiger partial charge in [-0.05, 0) is 13.0 Å². The molecule has 0 aromatic carbocycles. The number of methoxy groups -OCH3 is 1. The smallest absolute Gasteiger partial charge is 0.101 e. The van der Waals surface area contributed by atoms with Gasteiger partial charge in [0.1, 0.15) is 6.10 Å². The number of aliphatic hydroxyl groups excluding tert-OH is 1. The van der Waals surface area contributed by atoms with Crippen molar-refractivity contribution in [1.29, 1.82) is 0 Å². The van der Waals surface area contributed by atoms with Gasteiger partial charge < -0.3 is 24.6 Å². The summed E-state index contributed by atoms with van der Waals surface area (Å²) in [6, 6.07) is 0. The maximum Gasteiger partial charge on any atom is 0.101 e. The summed E-state index contributed by atoms with van der Waals surface area (Å²) in [7, 11) is 1.62. The molecule has 0 aromatic rings. The lowest BCUT2D eigenvalue weighted by Gasteiger charge is -2.11. The largest absolute Gasteiger partial charge is 0.388 e. The van der Waals surface area contributed by atoms with E-state index in [0.29, 0.717) is 33.0 Å². The molecule has 0 fully saturated rings. The lowest BCUT2D eigenvalue weighted by molar-refractivity contribution is -0.0275. The van der Waals surface area contributed by atoms with Crippen LogP contribution in [0.4, 0.5) is 0 Å². The fraction of sp³-hybridized carbons (Fsp3) is 1.00. The highest BCUT2D eigenvalue weighted by molar-refractivity contribution is 4.52. The summed E-state index contributed by atoms with van der Waals surface area (Å²) < 4.78 is 15.2. The zero-order valence-electron chi connectivity index (χ0n) is 10.4. The topological polar surface area (TPSA) is 60.0 Å². The van der Waals surface area contributed by atoms with E-state index in [9.17, 15) is 5.11 Å². The Balaban J connectivity index is 3.08. The highest BCUT2D eigenvalue weighted by Crippen LogP contribution is 1.88. The molecule has 0 saturated heterocycles. The Morgan fingerprint density at radius 3 is 2.38 bits per heavy atom. The van der Waals surface area contributed by atoms with E-state index in [4.69, 9.17) is 14.2 Å². The Bertz CT molecular complexity index is 135. The molecule has 98 valence electrons. The minimum absolute atomic E-state index is 0.297. The summed E-state index contributed by atoms with van der Waals surface area (Å²) in [6.07, 6.45) is 0.568. The summed E-state index contributed by atoms with van der Waals surface area (Å²) >= 11 is 0. The molecule has 5 nitrogen and oxygen atoms in total. The summed E-state index contributed by atoms with van der Waals surface area (Å²) in [5, 5.41) is 12.7. The van der Waals surface area contributed by atoms with Gasteiger partial charge >= 0.3 is 0 Å². The molecule has 0 rings (SSSR count). The van der Waals surface area contributed by atoms with E-state index in [1.165, 1.54) is 0 Å². The van der Waals surface area contributed by atoms with Crippen LogP contribution >= 0.6 is 0 Å². The van der Waals surface area contributed by atoms with E-state index in [0.717, 1.165) is 19.5 Å². The number of hydrogen-bond donors (Lipinski definition) is 2. The second kappa shape index (κ2) is 12.9. The van der Waals surface area contributed by atoms with Gasteiger partial charge in [0, 0.05) is 13.7 Å². The second-order valence-corrected chi connectivity index (χ2v) is 3.55. The first-order chi connectivity index (χ1) is 7.81. The fourth-order valence-corrected chi connectivity index (χ4v) is 1.08. The third kappa shape index (κ3) is 11.9. The lowest BCUT2D eigenvalue weighted by atomic mass is 10.4. The Labute approximate surface area is 98.1 Å². The zero-order chi connectivity index (χ0) is 12.1. The molecule has 0 saturated carbocycles. The summed E-state index contributed by atoms with van der Waals surface area (Å²) in [5.74, 6) is 0. The van der Waals surface area contributed by atoms with Gasteiger partial charge in [0.2, 0.25) is 0 Å². The van der Waals surface area contributed by atoms with Crippen LogP contribution in [0, 0.1) is 0 Å². The number of hydrogen-bond acceptors (Lipinski definition) is 5. The van der Waals surface area contributed by atoms with Crippen LogP contribution in [0.25, 0.3) is 0 Å². The van der Waals surface area contributed by atoms with E-state index in [-0.39, 0.29) is 0 Å². The molecule has 0 radical (unpaired) electrons. The molecular formula is C11H25NO4. The maximum atomic E-state index is 9.44. The Hall–Kier alpha value is -0.200. The molecule has 0 aliphatic rings. The lowest BCUT2D eigenvalue weighted by Crippen LogP contribution is -2.26. The van der Waals surface area contributed by atoms with Gasteiger partial charge in [0.05, 0.1) is 33.0 Å². The van der Waals surface area contributed by atoms with Gasteiger partial charge in [-0.3, -0.25) is 0 Å². The van der Waals surface area contributed by atoms with Crippen LogP contribution < -0.4 is 5.32 Å². The van der Waals surface area contributed by atoms with Crippen molar-refractivity contribution >= 4 is 0 Å². The summed E-state index contributed by atoms with van der Waals surface area (Å²) in [5.41, 5.74) is 0. The van der Waals surface area contributed by atoms with E-state index in [1.54, 1.807) is 7.11 Å². The van der Waals surface area contributed by atoms with Crippen LogP contribution in [0.15, 0.2) is 0 Å². The minimum Gasteiger partial charge on any atom is -0.388 e. The van der Waals surface area contributed by atoms with E-state index in [2.05, 4.69) is 12.2 Å². The molecule has 1 unspecified atom stereocenters. The Morgan fingerprint density at radius 1 is 1.06 bits per heavy atom. The van der Waals surface area contributed by atoms with Crippen molar-refractivity contribution < 1.29 is 19.3 Å². The van der Waals surface area contributed by atoms with Crippen LogP contribution in [0.2, 0.25) is 0 Å². The van der Waals surface area contributed by atoms with Gasteiger partial charge in [-0.2, -0.15) is 0 Å². The molecule has 0 spiro atoms. The normalized spacial score (nSPS) is 12.9. The van der Waals surface area contributed by atoms with E-state index >= 15 is 0 Å². The molecule has 0 aromatic heterocycles. The van der Waals surface area contributed by atoms with Crippen molar-refractivity contribution in [3.05, 3.63) is 0 Å². The molecule has 2 N–H and O–H groups in total. The van der Waals surface area contributed by atoms with Crippen molar-refractivity contribution in [3.8, 4) is 0 Å². The Kier molecular flexibility index (Phi) is 12.7. The van der Waals surface area contributed by atoms with Crippen LogP contribution in [0.5, 0.6) is 0 Å². The molecule has 0 aliphatic carbocycles. The van der Waals surface area contributed by atoms with Gasteiger partial charge in [0.25, 0.3) is 0 Å². The molecule has 0 amide bonds. The third-order valence-electron chi connectivity index (χ3n) is 1.90. The maximum absolute atomic E-state index is 9.44. The molecule has 1 atom stereocenters. The standard InChI is InChI=1S/C11H25NO4/c1-3-4-12-5-6-15-9-11(13)10-16-8-7-14-2/h11-13H,3-10H2,1-2H3. The average Bonchev–Trinajstić information content (AvgIpc) is 2.29. The van der Waals surface area contributed by atoms with E-state index in [1.807, 2.05) is 0 Å². The highest BCUT2D eigenvalue weighted by Gasteiger charge is 2.03. The summed E-state index contributed by atoms with van der Waals surface area (Å²) in [6.45, 7) is 6.24. The molecule has 16 heavy (non-hydrogen) atoms. The second-order valence-electron chi connectivity index (χ2n) is 3.55. The van der Waals surface area contributed by atoms with Crippen molar-refractivity contribution in [3.63, 3.8) is 0 Å². The zero-order valence-corrected chi connectivity index (χ0v) is 10.4.